The molecule has 0 bridgehead atoms. The van der Waals surface area contributed by atoms with Crippen molar-refractivity contribution in [2.45, 2.75) is 31.0 Å². The van der Waals surface area contributed by atoms with Crippen molar-refractivity contribution in [3.8, 4) is 0 Å². The van der Waals surface area contributed by atoms with E-state index in [0.29, 0.717) is 50.6 Å². The zero-order chi connectivity index (χ0) is 23.4. The van der Waals surface area contributed by atoms with Crippen molar-refractivity contribution in [1.82, 2.24) is 9.21 Å². The van der Waals surface area contributed by atoms with E-state index in [2.05, 4.69) is 10.2 Å². The van der Waals surface area contributed by atoms with E-state index in [9.17, 15) is 13.2 Å². The second-order valence-corrected chi connectivity index (χ2v) is 10.5. The molecule has 0 saturated carbocycles. The molecule has 2 unspecified atom stereocenters. The second-order valence-electron chi connectivity index (χ2n) is 8.59. The molecule has 2 fully saturated rings. The number of carbonyl (C=O) groups is 1. The maximum atomic E-state index is 13.1. The highest BCUT2D eigenvalue weighted by molar-refractivity contribution is 7.89. The summed E-state index contributed by atoms with van der Waals surface area (Å²) in [6, 6.07) is 15.0. The van der Waals surface area contributed by atoms with Crippen LogP contribution in [0.4, 0.5) is 5.69 Å². The molecule has 2 atom stereocenters. The van der Waals surface area contributed by atoms with E-state index in [1.807, 2.05) is 37.3 Å². The topological polar surface area (TPSA) is 88.2 Å². The maximum absolute atomic E-state index is 13.1. The second kappa shape index (κ2) is 10.3. The van der Waals surface area contributed by atoms with E-state index in [1.165, 1.54) is 4.31 Å². The number of aryl methyl sites for hydroxylation is 1. The molecule has 2 aromatic rings. The van der Waals surface area contributed by atoms with Gasteiger partial charge in [0, 0.05) is 31.9 Å². The first-order valence-corrected chi connectivity index (χ1v) is 12.7. The van der Waals surface area contributed by atoms with Crippen molar-refractivity contribution in [3.63, 3.8) is 0 Å². The minimum atomic E-state index is -3.65. The number of sulfonamides is 1. The molecule has 0 aliphatic carbocycles. The van der Waals surface area contributed by atoms with Gasteiger partial charge < -0.3 is 14.8 Å². The quantitative estimate of drug-likeness (QED) is 0.693. The Bertz CT molecular complexity index is 1070. The number of morpholine rings is 2. The highest BCUT2D eigenvalue weighted by Gasteiger charge is 2.29. The van der Waals surface area contributed by atoms with Gasteiger partial charge in [-0.2, -0.15) is 4.31 Å². The largest absolute Gasteiger partial charge is 0.379 e. The highest BCUT2D eigenvalue weighted by atomic mass is 32.2. The lowest BCUT2D eigenvalue weighted by Crippen LogP contribution is -2.46. The average molecular weight is 474 g/mol. The fourth-order valence-electron chi connectivity index (χ4n) is 4.31. The lowest BCUT2D eigenvalue weighted by Gasteiger charge is -2.36. The van der Waals surface area contributed by atoms with Gasteiger partial charge in [0.2, 0.25) is 15.9 Å². The van der Waals surface area contributed by atoms with Crippen LogP contribution in [0.2, 0.25) is 0 Å². The number of nitrogens with one attached hydrogen (secondary N) is 1. The maximum Gasteiger partial charge on any atom is 0.243 e. The van der Waals surface area contributed by atoms with E-state index >= 15 is 0 Å². The molecule has 9 heteroatoms. The van der Waals surface area contributed by atoms with Crippen LogP contribution in [0.15, 0.2) is 53.4 Å². The van der Waals surface area contributed by atoms with Crippen LogP contribution in [0.25, 0.3) is 0 Å². The van der Waals surface area contributed by atoms with Gasteiger partial charge >= 0.3 is 0 Å². The monoisotopic (exact) mass is 473 g/mol. The highest BCUT2D eigenvalue weighted by Crippen LogP contribution is 2.26. The zero-order valence-corrected chi connectivity index (χ0v) is 19.9. The summed E-state index contributed by atoms with van der Waals surface area (Å²) < 4.78 is 39.0. The number of anilines is 1. The van der Waals surface area contributed by atoms with E-state index in [4.69, 9.17) is 9.47 Å². The van der Waals surface area contributed by atoms with Gasteiger partial charge in [0.1, 0.15) is 0 Å². The molecule has 0 spiro atoms. The van der Waals surface area contributed by atoms with Crippen LogP contribution in [0.3, 0.4) is 0 Å². The molecule has 2 saturated heterocycles. The van der Waals surface area contributed by atoms with Gasteiger partial charge in [0.05, 0.1) is 36.9 Å². The molecule has 178 valence electrons. The lowest BCUT2D eigenvalue weighted by atomic mass is 10.1. The van der Waals surface area contributed by atoms with Gasteiger partial charge in [-0.3, -0.25) is 9.69 Å². The van der Waals surface area contributed by atoms with Crippen LogP contribution < -0.4 is 5.32 Å². The van der Waals surface area contributed by atoms with Gasteiger partial charge in [-0.15, -0.1) is 0 Å². The molecule has 2 aromatic carbocycles. The van der Waals surface area contributed by atoms with Crippen LogP contribution >= 0.6 is 0 Å². The minimum Gasteiger partial charge on any atom is -0.379 e. The normalized spacial score (nSPS) is 22.7. The number of amides is 1. The molecule has 1 N–H and O–H groups in total. The molecule has 33 heavy (non-hydrogen) atoms. The first kappa shape index (κ1) is 23.8. The molecule has 2 aliphatic rings. The summed E-state index contributed by atoms with van der Waals surface area (Å²) in [6.07, 6.45) is -0.0891. The number of benzene rings is 2. The summed E-state index contributed by atoms with van der Waals surface area (Å²) in [7, 11) is -3.65. The molecule has 2 heterocycles. The molecule has 0 aromatic heterocycles. The first-order valence-electron chi connectivity index (χ1n) is 11.2. The number of nitrogens with zero attached hydrogens (tertiary/aromatic N) is 2. The molecular formula is C24H31N3O5S. The van der Waals surface area contributed by atoms with Crippen LogP contribution in [-0.2, 0) is 24.3 Å². The number of rotatable bonds is 6. The molecular weight excluding hydrogens is 442 g/mol. The number of hydrogen-bond donors (Lipinski definition) is 1. The van der Waals surface area contributed by atoms with Crippen LogP contribution in [0.5, 0.6) is 0 Å². The smallest absolute Gasteiger partial charge is 0.243 e. The Morgan fingerprint density at radius 1 is 1.09 bits per heavy atom. The SMILES string of the molecule is Cc1ccc(NC(=O)CN2CC(C)OC(c3ccccc3)C2)cc1S(=O)(=O)N1CCOCC1. The standard InChI is InChI=1S/C24H31N3O5S/c1-18-8-9-21(14-23(18)33(29,30)27-10-12-31-13-11-27)25-24(28)17-26-15-19(2)32-22(16-26)20-6-4-3-5-7-20/h3-9,14,19,22H,10-13,15-17H2,1-2H3,(H,25,28). The fourth-order valence-corrected chi connectivity index (χ4v) is 5.96. The third kappa shape index (κ3) is 5.80. The van der Waals surface area contributed by atoms with E-state index < -0.39 is 10.0 Å². The van der Waals surface area contributed by atoms with Gasteiger partial charge in [0.15, 0.2) is 0 Å². The molecule has 4 rings (SSSR count). The summed E-state index contributed by atoms with van der Waals surface area (Å²) in [5, 5.41) is 2.87. The Morgan fingerprint density at radius 3 is 2.55 bits per heavy atom. The van der Waals surface area contributed by atoms with Crippen molar-refractivity contribution < 1.29 is 22.7 Å². The van der Waals surface area contributed by atoms with Crippen molar-refractivity contribution >= 4 is 21.6 Å². The zero-order valence-electron chi connectivity index (χ0n) is 19.1. The van der Waals surface area contributed by atoms with Crippen LogP contribution in [0.1, 0.15) is 24.2 Å². The fraction of sp³-hybridized carbons (Fsp3) is 0.458. The predicted molar refractivity (Wildman–Crippen MR) is 126 cm³/mol. The Balaban J connectivity index is 1.43. The van der Waals surface area contributed by atoms with Crippen molar-refractivity contribution in [3.05, 3.63) is 59.7 Å². The summed E-state index contributed by atoms with van der Waals surface area (Å²) in [5.41, 5.74) is 2.21. The Hall–Kier alpha value is -2.30. The Morgan fingerprint density at radius 2 is 1.82 bits per heavy atom. The van der Waals surface area contributed by atoms with Gasteiger partial charge in [-0.05, 0) is 37.1 Å². The third-order valence-electron chi connectivity index (χ3n) is 5.93. The molecule has 1 amide bonds. The van der Waals surface area contributed by atoms with Crippen molar-refractivity contribution in [2.75, 3.05) is 51.3 Å². The number of hydrogen-bond acceptors (Lipinski definition) is 6. The number of carbonyl (C=O) groups excluding carboxylic acids is 1. The van der Waals surface area contributed by atoms with Crippen LogP contribution in [0, 0.1) is 6.92 Å². The number of ether oxygens (including phenoxy) is 2. The molecule has 2 aliphatic heterocycles. The van der Waals surface area contributed by atoms with Crippen molar-refractivity contribution in [1.29, 1.82) is 0 Å². The van der Waals surface area contributed by atoms with Crippen LogP contribution in [-0.4, -0.2) is 75.6 Å². The summed E-state index contributed by atoms with van der Waals surface area (Å²) in [6.45, 7) is 6.67. The van der Waals surface area contributed by atoms with E-state index in [0.717, 1.165) is 5.56 Å². The summed E-state index contributed by atoms with van der Waals surface area (Å²) in [5.74, 6) is -0.186. The predicted octanol–water partition coefficient (Wildman–Crippen LogP) is 2.42. The minimum absolute atomic E-state index is 0.00130. The summed E-state index contributed by atoms with van der Waals surface area (Å²) >= 11 is 0. The van der Waals surface area contributed by atoms with Gasteiger partial charge in [-0.1, -0.05) is 36.4 Å². The molecule has 0 radical (unpaired) electrons. The Labute approximate surface area is 195 Å². The van der Waals surface area contributed by atoms with Gasteiger partial charge in [0.25, 0.3) is 0 Å². The summed E-state index contributed by atoms with van der Waals surface area (Å²) in [4.78, 5) is 15.1. The van der Waals surface area contributed by atoms with E-state index in [1.54, 1.807) is 25.1 Å². The third-order valence-corrected chi connectivity index (χ3v) is 7.97. The van der Waals surface area contributed by atoms with E-state index in [-0.39, 0.29) is 29.6 Å². The lowest BCUT2D eigenvalue weighted by molar-refractivity contribution is -0.122. The average Bonchev–Trinajstić information content (AvgIpc) is 2.81. The Kier molecular flexibility index (Phi) is 7.45. The molecule has 8 nitrogen and oxygen atoms in total. The van der Waals surface area contributed by atoms with Crippen molar-refractivity contribution in [2.24, 2.45) is 0 Å². The van der Waals surface area contributed by atoms with Gasteiger partial charge in [-0.25, -0.2) is 8.42 Å². The first-order chi connectivity index (χ1) is 15.8.